The van der Waals surface area contributed by atoms with Crippen LogP contribution < -0.4 is 31.2 Å². The van der Waals surface area contributed by atoms with Crippen molar-refractivity contribution in [2.45, 2.75) is 31.1 Å². The second kappa shape index (κ2) is 10.3. The van der Waals surface area contributed by atoms with Crippen molar-refractivity contribution in [1.29, 1.82) is 0 Å². The summed E-state index contributed by atoms with van der Waals surface area (Å²) in [4.78, 5) is 0. The molecule has 3 saturated heterocycles. The lowest BCUT2D eigenvalue weighted by molar-refractivity contribution is -0.959. The molecule has 0 aliphatic carbocycles. The van der Waals surface area contributed by atoms with Crippen molar-refractivity contribution in [1.82, 2.24) is 5.16 Å². The molecule has 8 heteroatoms. The Kier molecular flexibility index (Phi) is 6.87. The molecule has 4 aliphatic rings. The molecule has 2 bridgehead atoms. The average molecular weight is 592 g/mol. The first-order chi connectivity index (χ1) is 18.6. The lowest BCUT2D eigenvalue weighted by atomic mass is 9.82. The van der Waals surface area contributed by atoms with Gasteiger partial charge in [0.1, 0.15) is 24.5 Å². The molecule has 1 atom stereocenters. The van der Waals surface area contributed by atoms with E-state index < -0.39 is 5.60 Å². The molecule has 0 saturated carbocycles. The zero-order valence-corrected chi connectivity index (χ0v) is 23.1. The van der Waals surface area contributed by atoms with Gasteiger partial charge in [-0.2, -0.15) is 0 Å². The number of rotatable bonds is 7. The van der Waals surface area contributed by atoms with Gasteiger partial charge in [0, 0.05) is 30.9 Å². The third kappa shape index (κ3) is 4.71. The van der Waals surface area contributed by atoms with Crippen LogP contribution >= 0.6 is 0 Å². The highest BCUT2D eigenvalue weighted by Crippen LogP contribution is 2.41. The molecule has 5 heterocycles. The Hall–Kier alpha value is -3.33. The minimum atomic E-state index is -1.40. The molecule has 0 amide bonds. The summed E-state index contributed by atoms with van der Waals surface area (Å²) < 4.78 is 24.3. The topological polar surface area (TPSA) is 74.0 Å². The molecule has 1 N–H and O–H groups in total. The minimum absolute atomic E-state index is 0. The number of quaternary nitrogens is 1. The molecule has 4 aromatic rings. The summed E-state index contributed by atoms with van der Waals surface area (Å²) in [6.07, 6.45) is 2.37. The monoisotopic (exact) mass is 590 g/mol. The van der Waals surface area contributed by atoms with E-state index in [1.54, 1.807) is 0 Å². The Morgan fingerprint density at radius 1 is 0.872 bits per heavy atom. The summed E-state index contributed by atoms with van der Waals surface area (Å²) in [5.74, 6) is 3.66. The maximum Gasteiger partial charge on any atom is 0.231 e. The summed E-state index contributed by atoms with van der Waals surface area (Å²) in [6, 6.07) is 27.1. The van der Waals surface area contributed by atoms with E-state index in [-0.39, 0.29) is 29.9 Å². The summed E-state index contributed by atoms with van der Waals surface area (Å²) in [5, 5.41) is 16.5. The highest BCUT2D eigenvalue weighted by molar-refractivity contribution is 5.47. The normalized spacial score (nSPS) is 23.3. The number of hydrogen-bond acceptors (Lipinski definition) is 6. The van der Waals surface area contributed by atoms with E-state index in [1.807, 2.05) is 84.9 Å². The quantitative estimate of drug-likeness (QED) is 0.331. The van der Waals surface area contributed by atoms with Crippen molar-refractivity contribution >= 4 is 0 Å². The van der Waals surface area contributed by atoms with Crippen molar-refractivity contribution in [2.24, 2.45) is 5.92 Å². The fourth-order valence-corrected chi connectivity index (χ4v) is 6.41. The molecule has 39 heavy (non-hydrogen) atoms. The van der Waals surface area contributed by atoms with Crippen LogP contribution in [0, 0.1) is 5.92 Å². The Morgan fingerprint density at radius 3 is 2.23 bits per heavy atom. The van der Waals surface area contributed by atoms with Gasteiger partial charge >= 0.3 is 0 Å². The van der Waals surface area contributed by atoms with Crippen LogP contribution in [0.4, 0.5) is 0 Å². The predicted molar refractivity (Wildman–Crippen MR) is 140 cm³/mol. The van der Waals surface area contributed by atoms with E-state index in [0.717, 1.165) is 77.6 Å². The molecule has 3 aromatic carbocycles. The van der Waals surface area contributed by atoms with Crippen LogP contribution in [0.25, 0.3) is 0 Å². The maximum absolute atomic E-state index is 12.1. The van der Waals surface area contributed by atoms with Gasteiger partial charge in [0.15, 0.2) is 29.0 Å². The van der Waals surface area contributed by atoms with Gasteiger partial charge in [0.25, 0.3) is 0 Å². The van der Waals surface area contributed by atoms with Gasteiger partial charge in [-0.1, -0.05) is 65.8 Å². The molecular weight excluding hydrogens is 560 g/mol. The highest BCUT2D eigenvalue weighted by Gasteiger charge is 2.48. The van der Waals surface area contributed by atoms with Gasteiger partial charge in [-0.3, -0.25) is 0 Å². The molecule has 4 aliphatic heterocycles. The molecule has 202 valence electrons. The van der Waals surface area contributed by atoms with Gasteiger partial charge < -0.3 is 45.3 Å². The number of hydrogen-bond donors (Lipinski definition) is 1. The van der Waals surface area contributed by atoms with E-state index in [9.17, 15) is 5.11 Å². The Labute approximate surface area is 238 Å². The number of benzene rings is 3. The Balaban J connectivity index is 0.00000277. The van der Waals surface area contributed by atoms with Gasteiger partial charge in [0.2, 0.25) is 6.79 Å². The number of ether oxygens (including phenoxy) is 3. The van der Waals surface area contributed by atoms with Gasteiger partial charge in [-0.05, 0) is 23.3 Å². The standard InChI is InChI=1S/C31H31N2O5.BrH/c34-31(23-7-3-1-4-8-23,24-9-5-2-6-10-24)30-18-26(38-32-30)19-33-15-13-22(14-16-33)29(20-33)37-25-11-12-27-28(17-25)36-21-35-27;/h1-12,17-18,22,29,34H,13-16,19-21H2;1H/q+1;/p-1/t22?,29-,33?;/m0./s1. The predicted octanol–water partition coefficient (Wildman–Crippen LogP) is 1.88. The number of fused-ring (bicyclic) bond motifs is 4. The van der Waals surface area contributed by atoms with Crippen molar-refractivity contribution in [2.75, 3.05) is 26.4 Å². The van der Waals surface area contributed by atoms with Crippen LogP contribution in [0.3, 0.4) is 0 Å². The van der Waals surface area contributed by atoms with Gasteiger partial charge in [-0.15, -0.1) is 0 Å². The van der Waals surface area contributed by atoms with Crippen LogP contribution in [-0.2, 0) is 12.1 Å². The first-order valence-electron chi connectivity index (χ1n) is 13.3. The van der Waals surface area contributed by atoms with E-state index in [2.05, 4.69) is 5.16 Å². The lowest BCUT2D eigenvalue weighted by Gasteiger charge is -2.51. The second-order valence-corrected chi connectivity index (χ2v) is 10.8. The van der Waals surface area contributed by atoms with E-state index in [4.69, 9.17) is 18.7 Å². The Bertz CT molecular complexity index is 1380. The average Bonchev–Trinajstić information content (AvgIpc) is 3.64. The van der Waals surface area contributed by atoms with E-state index in [0.29, 0.717) is 11.6 Å². The van der Waals surface area contributed by atoms with Gasteiger partial charge in [0.05, 0.1) is 13.1 Å². The SMILES string of the molecule is OC(c1ccccc1)(c1ccccc1)c1cc(C[N+]23CCC(CC2)[C@@H](Oc2ccc4c(c2)OCO4)C3)on1.[Br-]. The molecule has 7 nitrogen and oxygen atoms in total. The molecule has 8 rings (SSSR count). The van der Waals surface area contributed by atoms with E-state index >= 15 is 0 Å². The first-order valence-corrected chi connectivity index (χ1v) is 13.3. The van der Waals surface area contributed by atoms with Crippen LogP contribution in [0.5, 0.6) is 17.2 Å². The van der Waals surface area contributed by atoms with Crippen molar-refractivity contribution < 1.29 is 45.3 Å². The molecular formula is C31H31BrN2O5. The largest absolute Gasteiger partial charge is 1.00 e. The van der Waals surface area contributed by atoms with Crippen LogP contribution in [0.15, 0.2) is 89.5 Å². The minimum Gasteiger partial charge on any atom is -1.00 e. The highest BCUT2D eigenvalue weighted by atomic mass is 79.9. The van der Waals surface area contributed by atoms with Crippen LogP contribution in [0.1, 0.15) is 35.4 Å². The van der Waals surface area contributed by atoms with Gasteiger partial charge in [-0.25, -0.2) is 0 Å². The second-order valence-electron chi connectivity index (χ2n) is 10.8. The third-order valence-corrected chi connectivity index (χ3v) is 8.48. The maximum atomic E-state index is 12.1. The fourth-order valence-electron chi connectivity index (χ4n) is 6.41. The summed E-state index contributed by atoms with van der Waals surface area (Å²) in [5.41, 5.74) is 0.621. The first kappa shape index (κ1) is 25.9. The lowest BCUT2D eigenvalue weighted by Crippen LogP contribution is -3.00. The van der Waals surface area contributed by atoms with Crippen LogP contribution in [0.2, 0.25) is 0 Å². The van der Waals surface area contributed by atoms with E-state index in [1.165, 1.54) is 0 Å². The summed E-state index contributed by atoms with van der Waals surface area (Å²) in [6.45, 7) is 4.07. The smallest absolute Gasteiger partial charge is 0.231 e. The zero-order chi connectivity index (χ0) is 25.6. The Morgan fingerprint density at radius 2 is 1.54 bits per heavy atom. The number of aliphatic hydroxyl groups is 1. The van der Waals surface area contributed by atoms with Crippen molar-refractivity contribution in [3.63, 3.8) is 0 Å². The van der Waals surface area contributed by atoms with Crippen molar-refractivity contribution in [3.05, 3.63) is 108 Å². The number of aromatic nitrogens is 1. The molecule has 1 aromatic heterocycles. The third-order valence-electron chi connectivity index (χ3n) is 8.48. The zero-order valence-electron chi connectivity index (χ0n) is 21.5. The van der Waals surface area contributed by atoms with Crippen LogP contribution in [-0.4, -0.2) is 47.3 Å². The van der Waals surface area contributed by atoms with Crippen molar-refractivity contribution in [3.8, 4) is 17.2 Å². The summed E-state index contributed by atoms with van der Waals surface area (Å²) >= 11 is 0. The molecule has 3 fully saturated rings. The molecule has 0 spiro atoms. The number of piperidine rings is 3. The molecule has 0 radical (unpaired) electrons. The fraction of sp³-hybridized carbons (Fsp3) is 0.323. The number of halogens is 1. The molecule has 0 unspecified atom stereocenters. The number of nitrogens with zero attached hydrogens (tertiary/aromatic N) is 2. The summed E-state index contributed by atoms with van der Waals surface area (Å²) in [7, 11) is 0.